The zero-order valence-corrected chi connectivity index (χ0v) is 10.4. The zero-order chi connectivity index (χ0) is 11.1. The summed E-state index contributed by atoms with van der Waals surface area (Å²) in [7, 11) is 0. The van der Waals surface area contributed by atoms with Crippen molar-refractivity contribution in [1.29, 1.82) is 0 Å². The van der Waals surface area contributed by atoms with Crippen LogP contribution in [0.25, 0.3) is 0 Å². The van der Waals surface area contributed by atoms with Crippen molar-refractivity contribution in [2.45, 2.75) is 22.4 Å². The summed E-state index contributed by atoms with van der Waals surface area (Å²) in [5, 5.41) is 3.37. The van der Waals surface area contributed by atoms with Crippen LogP contribution in [0.15, 0.2) is 60.7 Å². The summed E-state index contributed by atoms with van der Waals surface area (Å²) in [6.45, 7) is 11.7. The van der Waals surface area contributed by atoms with Gasteiger partial charge in [-0.3, -0.25) is 0 Å². The summed E-state index contributed by atoms with van der Waals surface area (Å²) in [5.74, 6) is 0. The monoisotopic (exact) mass is 244 g/mol. The minimum atomic E-state index is -1.26. The van der Waals surface area contributed by atoms with Crippen LogP contribution in [0, 0.1) is 0 Å². The molecule has 0 radical (unpaired) electrons. The van der Waals surface area contributed by atoms with Gasteiger partial charge in [-0.15, -0.1) is 0 Å². The van der Waals surface area contributed by atoms with Crippen LogP contribution in [0.4, 0.5) is 0 Å². The Morgan fingerprint density at radius 1 is 1.07 bits per heavy atom. The molecule has 15 heavy (non-hydrogen) atoms. The van der Waals surface area contributed by atoms with Crippen molar-refractivity contribution < 1.29 is 12.8 Å². The average molecular weight is 244 g/mol. The van der Waals surface area contributed by atoms with Crippen molar-refractivity contribution >= 4 is 0 Å². The third-order valence-corrected chi connectivity index (χ3v) is 7.79. The van der Waals surface area contributed by atoms with Crippen LogP contribution in [0.3, 0.4) is 0 Å². The Labute approximate surface area is 96.0 Å². The third kappa shape index (κ3) is 2.84. The topological polar surface area (TPSA) is 0 Å². The van der Waals surface area contributed by atoms with E-state index in [0.717, 1.165) is 22.4 Å². The van der Waals surface area contributed by atoms with Gasteiger partial charge in [-0.1, -0.05) is 0 Å². The molecule has 1 aliphatic carbocycles. The molecular weight excluding hydrogens is 224 g/mol. The number of rotatable bonds is 7. The van der Waals surface area contributed by atoms with Crippen LogP contribution < -0.4 is 0 Å². The molecule has 0 aromatic carbocycles. The van der Waals surface area contributed by atoms with E-state index in [1.165, 1.54) is 0 Å². The van der Waals surface area contributed by atoms with E-state index in [2.05, 4.69) is 56.2 Å². The molecular formula is C14H20Fe. The minimum absolute atomic E-state index is 1.12. The number of allylic oxidation sites excluding steroid dienone is 7. The van der Waals surface area contributed by atoms with E-state index in [0.29, 0.717) is 0 Å². The van der Waals surface area contributed by atoms with Gasteiger partial charge in [0, 0.05) is 0 Å². The van der Waals surface area contributed by atoms with Gasteiger partial charge in [-0.2, -0.15) is 0 Å². The van der Waals surface area contributed by atoms with Crippen LogP contribution in [0.1, 0.15) is 6.42 Å². The molecule has 0 N–H and O–H groups in total. The van der Waals surface area contributed by atoms with Crippen LogP contribution in [-0.4, -0.2) is 0 Å². The van der Waals surface area contributed by atoms with E-state index in [-0.39, 0.29) is 0 Å². The second kappa shape index (κ2) is 5.95. The van der Waals surface area contributed by atoms with Crippen LogP contribution in [-0.2, 0) is 12.8 Å². The number of hydrogen-bond acceptors (Lipinski definition) is 0. The first kappa shape index (κ1) is 12.3. The summed E-state index contributed by atoms with van der Waals surface area (Å²) in [4.78, 5) is 0. The SMILES string of the molecule is C=C[CH2][Fe]([CH2]C=C)([CH2]C=C)[C]1=CC=CC1. The first-order valence-electron chi connectivity index (χ1n) is 5.09. The summed E-state index contributed by atoms with van der Waals surface area (Å²) in [6, 6.07) is 0. The first-order chi connectivity index (χ1) is 7.29. The molecule has 1 heteroatoms. The van der Waals surface area contributed by atoms with Crippen molar-refractivity contribution in [3.8, 4) is 0 Å². The Bertz CT molecular complexity index is 281. The molecule has 0 aliphatic heterocycles. The second-order valence-corrected chi connectivity index (χ2v) is 8.32. The van der Waals surface area contributed by atoms with Gasteiger partial charge >= 0.3 is 95.9 Å². The van der Waals surface area contributed by atoms with Crippen LogP contribution >= 0.6 is 0 Å². The second-order valence-electron chi connectivity index (χ2n) is 3.43. The molecule has 0 amide bonds. The summed E-state index contributed by atoms with van der Waals surface area (Å²) in [6.07, 6.45) is 14.0. The first-order valence-corrected chi connectivity index (χ1v) is 7.99. The van der Waals surface area contributed by atoms with Gasteiger partial charge in [0.05, 0.1) is 0 Å². The molecule has 0 atom stereocenters. The fourth-order valence-corrected chi connectivity index (χ4v) is 6.09. The Morgan fingerprint density at radius 3 is 1.93 bits per heavy atom. The van der Waals surface area contributed by atoms with Crippen LogP contribution in [0.5, 0.6) is 0 Å². The molecule has 1 aliphatic rings. The van der Waals surface area contributed by atoms with Crippen molar-refractivity contribution in [3.05, 3.63) is 60.7 Å². The Kier molecular flexibility index (Phi) is 4.87. The summed E-state index contributed by atoms with van der Waals surface area (Å²) >= 11 is -1.26. The average Bonchev–Trinajstić information content (AvgIpc) is 2.72. The zero-order valence-electron chi connectivity index (χ0n) is 9.27. The van der Waals surface area contributed by atoms with Gasteiger partial charge in [0.2, 0.25) is 0 Å². The van der Waals surface area contributed by atoms with Crippen molar-refractivity contribution in [3.63, 3.8) is 0 Å². The molecule has 84 valence electrons. The molecule has 0 saturated heterocycles. The third-order valence-electron chi connectivity index (χ3n) is 2.33. The van der Waals surface area contributed by atoms with Crippen molar-refractivity contribution in [2.24, 2.45) is 0 Å². The molecule has 0 spiro atoms. The van der Waals surface area contributed by atoms with E-state index >= 15 is 0 Å². The van der Waals surface area contributed by atoms with Crippen LogP contribution in [0.2, 0.25) is 16.0 Å². The van der Waals surface area contributed by atoms with E-state index < -0.39 is 12.8 Å². The van der Waals surface area contributed by atoms with Gasteiger partial charge in [0.15, 0.2) is 0 Å². The molecule has 0 bridgehead atoms. The molecule has 0 fully saturated rings. The van der Waals surface area contributed by atoms with Gasteiger partial charge < -0.3 is 0 Å². The fourth-order valence-electron chi connectivity index (χ4n) is 1.73. The maximum atomic E-state index is 3.90. The van der Waals surface area contributed by atoms with Crippen molar-refractivity contribution in [1.82, 2.24) is 0 Å². The number of hydrogen-bond donors (Lipinski definition) is 0. The van der Waals surface area contributed by atoms with Gasteiger partial charge in [-0.25, -0.2) is 0 Å². The normalized spacial score (nSPS) is 15.9. The fraction of sp³-hybridized carbons (Fsp3) is 0.286. The van der Waals surface area contributed by atoms with E-state index in [9.17, 15) is 0 Å². The Balaban J connectivity index is 2.93. The molecule has 1 rings (SSSR count). The van der Waals surface area contributed by atoms with Gasteiger partial charge in [0.25, 0.3) is 0 Å². The molecule has 0 heterocycles. The van der Waals surface area contributed by atoms with E-state index in [4.69, 9.17) is 0 Å². The predicted molar refractivity (Wildman–Crippen MR) is 66.9 cm³/mol. The molecule has 0 saturated carbocycles. The van der Waals surface area contributed by atoms with Crippen molar-refractivity contribution in [2.75, 3.05) is 0 Å². The standard InChI is InChI=1S/C5H5.3C3H5.Fe/c1-2-4-5-3-1;3*1-3-2;/h1-3H,4H2;3*3H,1-2H2;. The molecule has 0 unspecified atom stereocenters. The van der Waals surface area contributed by atoms with Gasteiger partial charge in [0.1, 0.15) is 0 Å². The molecule has 0 aromatic heterocycles. The van der Waals surface area contributed by atoms with E-state index in [1.807, 2.05) is 0 Å². The Morgan fingerprint density at radius 2 is 1.60 bits per heavy atom. The quantitative estimate of drug-likeness (QED) is 0.446. The predicted octanol–water partition coefficient (Wildman–Crippen LogP) is 4.80. The Hall–Kier alpha value is -0.781. The summed E-state index contributed by atoms with van der Waals surface area (Å²) < 4.78 is 1.61. The van der Waals surface area contributed by atoms with E-state index in [1.54, 1.807) is 4.47 Å². The molecule has 0 aromatic rings. The summed E-state index contributed by atoms with van der Waals surface area (Å²) in [5.41, 5.74) is 0. The molecule has 0 nitrogen and oxygen atoms in total. The van der Waals surface area contributed by atoms with Gasteiger partial charge in [-0.05, 0) is 0 Å². The maximum absolute atomic E-state index is 3.90.